The van der Waals surface area contributed by atoms with Gasteiger partial charge in [0.2, 0.25) is 0 Å². The number of aliphatic hydroxyl groups is 3. The summed E-state index contributed by atoms with van der Waals surface area (Å²) in [7, 11) is 0. The molecule has 0 spiro atoms. The minimum absolute atomic E-state index is 0.106. The number of imidazole rings is 1. The van der Waals surface area contributed by atoms with Gasteiger partial charge in [-0.25, -0.2) is 15.0 Å². The topological polar surface area (TPSA) is 130 Å². The van der Waals surface area contributed by atoms with Crippen LogP contribution in [0.5, 0.6) is 0 Å². The van der Waals surface area contributed by atoms with E-state index in [4.69, 9.17) is 5.73 Å². The van der Waals surface area contributed by atoms with Crippen LogP contribution in [0.4, 0.5) is 5.82 Å². The zero-order valence-electron chi connectivity index (χ0n) is 12.0. The predicted molar refractivity (Wildman–Crippen MR) is 80.0 cm³/mol. The van der Waals surface area contributed by atoms with E-state index in [2.05, 4.69) is 15.0 Å². The molecule has 2 heterocycles. The molecule has 118 valence electrons. The zero-order valence-corrected chi connectivity index (χ0v) is 12.8. The Morgan fingerprint density at radius 3 is 2.86 bits per heavy atom. The molecule has 22 heavy (non-hydrogen) atoms. The van der Waals surface area contributed by atoms with Gasteiger partial charge in [-0.05, 0) is 18.6 Å². The Bertz CT molecular complexity index is 763. The molecule has 4 rings (SSSR count). The molecule has 0 aliphatic heterocycles. The van der Waals surface area contributed by atoms with Gasteiger partial charge in [-0.3, -0.25) is 4.57 Å². The molecule has 8 nitrogen and oxygen atoms in total. The van der Waals surface area contributed by atoms with E-state index in [0.717, 1.165) is 6.42 Å². The molecule has 2 aliphatic rings. The molecule has 0 radical (unpaired) electrons. The molecule has 0 amide bonds. The number of nitrogen functional groups attached to an aromatic ring is 1. The quantitative estimate of drug-likeness (QED) is 0.441. The van der Waals surface area contributed by atoms with Crippen LogP contribution in [0.1, 0.15) is 12.8 Å². The monoisotopic (exact) mass is 323 g/mol. The average molecular weight is 323 g/mol. The summed E-state index contributed by atoms with van der Waals surface area (Å²) >= 11 is 1.34. The van der Waals surface area contributed by atoms with Crippen LogP contribution in [0, 0.1) is 11.3 Å². The number of aromatic nitrogens is 4. The van der Waals surface area contributed by atoms with Crippen molar-refractivity contribution in [3.63, 3.8) is 0 Å². The third kappa shape index (κ3) is 1.56. The van der Waals surface area contributed by atoms with Crippen LogP contribution in [-0.4, -0.2) is 53.8 Å². The van der Waals surface area contributed by atoms with Crippen LogP contribution >= 0.6 is 11.8 Å². The lowest BCUT2D eigenvalue weighted by molar-refractivity contribution is -0.145. The fraction of sp³-hybridized carbons (Fsp3) is 0.615. The molecule has 2 aliphatic carbocycles. The van der Waals surface area contributed by atoms with Gasteiger partial charge in [-0.15, -0.1) is 0 Å². The molecular formula is C13H17N5O3S. The van der Waals surface area contributed by atoms with Gasteiger partial charge >= 0.3 is 0 Å². The summed E-state index contributed by atoms with van der Waals surface area (Å²) in [6.45, 7) is -0.138. The van der Waals surface area contributed by atoms with Crippen LogP contribution in [0.15, 0.2) is 11.5 Å². The number of hydrogen-bond donors (Lipinski definition) is 4. The molecule has 1 unspecified atom stereocenters. The molecule has 9 heteroatoms. The van der Waals surface area contributed by atoms with Crippen LogP contribution in [0.25, 0.3) is 11.2 Å². The van der Waals surface area contributed by atoms with Crippen molar-refractivity contribution >= 4 is 28.7 Å². The smallest absolute Gasteiger partial charge is 0.191 e. The van der Waals surface area contributed by atoms with Crippen molar-refractivity contribution in [3.05, 3.63) is 6.33 Å². The van der Waals surface area contributed by atoms with Crippen molar-refractivity contribution in [3.8, 4) is 0 Å². The van der Waals surface area contributed by atoms with Crippen LogP contribution in [0.3, 0.4) is 0 Å². The van der Waals surface area contributed by atoms with Crippen molar-refractivity contribution in [1.29, 1.82) is 0 Å². The number of rotatable bonds is 3. The summed E-state index contributed by atoms with van der Waals surface area (Å²) in [4.78, 5) is 12.7. The van der Waals surface area contributed by atoms with Crippen LogP contribution in [0.2, 0.25) is 0 Å². The average Bonchev–Trinajstić information content (AvgIpc) is 2.93. The molecule has 4 atom stereocenters. The van der Waals surface area contributed by atoms with Gasteiger partial charge in [-0.2, -0.15) is 0 Å². The van der Waals surface area contributed by atoms with Gasteiger partial charge < -0.3 is 21.1 Å². The summed E-state index contributed by atoms with van der Waals surface area (Å²) in [5.74, 6) is 0.348. The van der Waals surface area contributed by atoms with Crippen molar-refractivity contribution in [2.24, 2.45) is 11.3 Å². The standard InChI is InChI=1S/C13H17N5O3S/c1-22-11-16-8(14)7-9(17-11)18(5-15-7)13(21)3-6-2-12(6,4-19)10(13)20/h5-6,10,19-21H,2-4H2,1H3,(H2,14,16,17)/t6?,10-,12+,13-/m1/s1. The third-order valence-electron chi connectivity index (χ3n) is 5.11. The van der Waals surface area contributed by atoms with Crippen LogP contribution < -0.4 is 5.73 Å². The maximum atomic E-state index is 11.0. The highest BCUT2D eigenvalue weighted by Crippen LogP contribution is 2.67. The van der Waals surface area contributed by atoms with E-state index in [1.54, 1.807) is 0 Å². The summed E-state index contributed by atoms with van der Waals surface area (Å²) in [5, 5.41) is 31.7. The summed E-state index contributed by atoms with van der Waals surface area (Å²) in [6.07, 6.45) is 3.28. The van der Waals surface area contributed by atoms with Gasteiger partial charge in [0.05, 0.1) is 12.9 Å². The number of anilines is 1. The summed E-state index contributed by atoms with van der Waals surface area (Å²) in [5.41, 5.74) is 4.55. The van der Waals surface area contributed by atoms with Gasteiger partial charge in [0, 0.05) is 11.8 Å². The minimum atomic E-state index is -1.53. The Hall–Kier alpha value is -1.42. The maximum Gasteiger partial charge on any atom is 0.191 e. The number of thioether (sulfide) groups is 1. The minimum Gasteiger partial charge on any atom is -0.396 e. The van der Waals surface area contributed by atoms with Crippen molar-refractivity contribution < 1.29 is 15.3 Å². The molecule has 2 saturated carbocycles. The van der Waals surface area contributed by atoms with Crippen molar-refractivity contribution in [1.82, 2.24) is 19.5 Å². The zero-order chi connectivity index (χ0) is 15.7. The molecule has 0 saturated heterocycles. The van der Waals surface area contributed by atoms with E-state index < -0.39 is 17.2 Å². The SMILES string of the molecule is CSc1nc(N)c2ncn([C@@]3(O)CC4C[C@@]4(CO)[C@H]3O)c2n1. The van der Waals surface area contributed by atoms with E-state index in [1.807, 2.05) is 6.26 Å². The largest absolute Gasteiger partial charge is 0.396 e. The lowest BCUT2D eigenvalue weighted by atomic mass is 9.96. The number of nitrogens with two attached hydrogens (primary N) is 1. The Labute approximate surface area is 130 Å². The fourth-order valence-electron chi connectivity index (χ4n) is 3.73. The van der Waals surface area contributed by atoms with E-state index in [0.29, 0.717) is 22.7 Å². The van der Waals surface area contributed by atoms with E-state index in [1.165, 1.54) is 22.7 Å². The lowest BCUT2D eigenvalue weighted by Crippen LogP contribution is -2.46. The molecule has 0 bridgehead atoms. The van der Waals surface area contributed by atoms with Crippen LogP contribution in [-0.2, 0) is 5.72 Å². The maximum absolute atomic E-state index is 11.0. The number of fused-ring (bicyclic) bond motifs is 2. The molecule has 2 aromatic heterocycles. The van der Waals surface area contributed by atoms with E-state index >= 15 is 0 Å². The first kappa shape index (κ1) is 14.2. The fourth-order valence-corrected chi connectivity index (χ4v) is 4.10. The van der Waals surface area contributed by atoms with Gasteiger partial charge in [0.15, 0.2) is 22.3 Å². The number of nitrogens with zero attached hydrogens (tertiary/aromatic N) is 4. The first-order valence-electron chi connectivity index (χ1n) is 7.02. The van der Waals surface area contributed by atoms with Gasteiger partial charge in [-0.1, -0.05) is 11.8 Å². The van der Waals surface area contributed by atoms with Gasteiger partial charge in [0.1, 0.15) is 11.6 Å². The Morgan fingerprint density at radius 2 is 2.23 bits per heavy atom. The number of hydrogen-bond acceptors (Lipinski definition) is 8. The normalized spacial score (nSPS) is 36.7. The highest BCUT2D eigenvalue weighted by atomic mass is 32.2. The highest BCUT2D eigenvalue weighted by molar-refractivity contribution is 7.98. The molecule has 5 N–H and O–H groups in total. The highest BCUT2D eigenvalue weighted by Gasteiger charge is 2.72. The third-order valence-corrected chi connectivity index (χ3v) is 5.65. The molecular weight excluding hydrogens is 306 g/mol. The Balaban J connectivity index is 1.87. The second-order valence-electron chi connectivity index (χ2n) is 6.16. The Kier molecular flexibility index (Phi) is 2.78. The van der Waals surface area contributed by atoms with E-state index in [9.17, 15) is 15.3 Å². The van der Waals surface area contributed by atoms with Crippen molar-refractivity contribution in [2.75, 3.05) is 18.6 Å². The first-order chi connectivity index (χ1) is 10.5. The number of aliphatic hydroxyl groups excluding tert-OH is 2. The molecule has 0 aromatic carbocycles. The Morgan fingerprint density at radius 1 is 1.45 bits per heavy atom. The predicted octanol–water partition coefficient (Wildman–Crippen LogP) is -0.461. The second kappa shape index (κ2) is 4.31. The van der Waals surface area contributed by atoms with E-state index in [-0.39, 0.29) is 18.3 Å². The van der Waals surface area contributed by atoms with Gasteiger partial charge in [0.25, 0.3) is 0 Å². The first-order valence-corrected chi connectivity index (χ1v) is 8.25. The molecule has 2 aromatic rings. The van der Waals surface area contributed by atoms with Crippen molar-refractivity contribution in [2.45, 2.75) is 29.8 Å². The lowest BCUT2D eigenvalue weighted by Gasteiger charge is -2.33. The summed E-state index contributed by atoms with van der Waals surface area (Å²) in [6, 6.07) is 0. The molecule has 2 fully saturated rings. The summed E-state index contributed by atoms with van der Waals surface area (Å²) < 4.78 is 1.47. The second-order valence-corrected chi connectivity index (χ2v) is 6.93.